The standard InChI is InChI=1S/C6H4N2O4.C2H6O2/c9-7(10)5-1-2-6(4-3-5)8(11)12;3-1-2-4/h1-4H;3-4H,1-2H2. The van der Waals surface area contributed by atoms with Crippen molar-refractivity contribution in [2.75, 3.05) is 13.2 Å². The maximum Gasteiger partial charge on any atom is 0.269 e. The van der Waals surface area contributed by atoms with Crippen LogP contribution in [0.15, 0.2) is 24.3 Å². The largest absolute Gasteiger partial charge is 0.394 e. The molecule has 16 heavy (non-hydrogen) atoms. The summed E-state index contributed by atoms with van der Waals surface area (Å²) >= 11 is 0. The highest BCUT2D eigenvalue weighted by atomic mass is 16.6. The number of nitro benzene ring substituents is 2. The Morgan fingerprint density at radius 1 is 0.875 bits per heavy atom. The molecule has 0 atom stereocenters. The third-order valence-electron chi connectivity index (χ3n) is 1.37. The second-order valence-electron chi connectivity index (χ2n) is 2.48. The van der Waals surface area contributed by atoms with Gasteiger partial charge in [0.05, 0.1) is 23.1 Å². The van der Waals surface area contributed by atoms with Gasteiger partial charge in [0.15, 0.2) is 0 Å². The minimum absolute atomic E-state index is 0.125. The summed E-state index contributed by atoms with van der Waals surface area (Å²) in [4.78, 5) is 19.0. The van der Waals surface area contributed by atoms with E-state index in [0.717, 1.165) is 24.3 Å². The number of non-ortho nitro benzene ring substituents is 2. The molecule has 0 bridgehead atoms. The van der Waals surface area contributed by atoms with E-state index in [0.29, 0.717) is 0 Å². The lowest BCUT2D eigenvalue weighted by molar-refractivity contribution is -0.389. The first-order chi connectivity index (χ1) is 7.52. The van der Waals surface area contributed by atoms with Crippen LogP contribution in [0.1, 0.15) is 0 Å². The van der Waals surface area contributed by atoms with Crippen molar-refractivity contribution in [3.8, 4) is 0 Å². The molecule has 0 aromatic heterocycles. The van der Waals surface area contributed by atoms with Gasteiger partial charge in [0.25, 0.3) is 11.4 Å². The zero-order valence-electron chi connectivity index (χ0n) is 8.15. The van der Waals surface area contributed by atoms with Crippen molar-refractivity contribution in [3.05, 3.63) is 44.5 Å². The molecule has 0 aliphatic rings. The number of hydrogen-bond donors (Lipinski definition) is 2. The van der Waals surface area contributed by atoms with Crippen LogP contribution in [0.2, 0.25) is 0 Å². The Kier molecular flexibility index (Phi) is 6.33. The highest BCUT2D eigenvalue weighted by molar-refractivity contribution is 5.39. The lowest BCUT2D eigenvalue weighted by Crippen LogP contribution is -1.90. The van der Waals surface area contributed by atoms with Crippen LogP contribution < -0.4 is 0 Å². The van der Waals surface area contributed by atoms with E-state index in [1.807, 2.05) is 0 Å². The van der Waals surface area contributed by atoms with E-state index >= 15 is 0 Å². The molecule has 1 aromatic rings. The second kappa shape index (κ2) is 7.26. The number of rotatable bonds is 3. The van der Waals surface area contributed by atoms with Gasteiger partial charge in [-0.25, -0.2) is 0 Å². The normalized spacial score (nSPS) is 8.88. The Labute approximate surface area is 90.1 Å². The average Bonchev–Trinajstić information content (AvgIpc) is 2.29. The second-order valence-corrected chi connectivity index (χ2v) is 2.48. The number of nitro groups is 2. The van der Waals surface area contributed by atoms with Gasteiger partial charge in [-0.05, 0) is 0 Å². The van der Waals surface area contributed by atoms with Crippen LogP contribution in [0.3, 0.4) is 0 Å². The summed E-state index contributed by atoms with van der Waals surface area (Å²) in [7, 11) is 0. The van der Waals surface area contributed by atoms with E-state index in [1.165, 1.54) is 0 Å². The van der Waals surface area contributed by atoms with Crippen molar-refractivity contribution in [2.24, 2.45) is 0 Å². The molecule has 0 fully saturated rings. The summed E-state index contributed by atoms with van der Waals surface area (Å²) in [6, 6.07) is 4.38. The van der Waals surface area contributed by atoms with Crippen molar-refractivity contribution in [1.82, 2.24) is 0 Å². The third-order valence-corrected chi connectivity index (χ3v) is 1.37. The minimum Gasteiger partial charge on any atom is -0.394 e. The predicted molar refractivity (Wildman–Crippen MR) is 53.9 cm³/mol. The highest BCUT2D eigenvalue weighted by Gasteiger charge is 2.08. The molecule has 0 spiro atoms. The Balaban J connectivity index is 0.000000487. The zero-order chi connectivity index (χ0) is 12.6. The van der Waals surface area contributed by atoms with Gasteiger partial charge in [0, 0.05) is 24.3 Å². The maximum absolute atomic E-state index is 10.1. The van der Waals surface area contributed by atoms with Gasteiger partial charge in [-0.2, -0.15) is 0 Å². The van der Waals surface area contributed by atoms with Crippen LogP contribution in [-0.4, -0.2) is 33.3 Å². The van der Waals surface area contributed by atoms with E-state index in [9.17, 15) is 20.2 Å². The van der Waals surface area contributed by atoms with Gasteiger partial charge in [-0.1, -0.05) is 0 Å². The Morgan fingerprint density at radius 2 is 1.12 bits per heavy atom. The van der Waals surface area contributed by atoms with Gasteiger partial charge < -0.3 is 10.2 Å². The fraction of sp³-hybridized carbons (Fsp3) is 0.250. The molecule has 0 saturated heterocycles. The molecule has 8 nitrogen and oxygen atoms in total. The molecule has 0 unspecified atom stereocenters. The van der Waals surface area contributed by atoms with Gasteiger partial charge >= 0.3 is 0 Å². The summed E-state index contributed by atoms with van der Waals surface area (Å²) < 4.78 is 0. The molecule has 0 aliphatic heterocycles. The highest BCUT2D eigenvalue weighted by Crippen LogP contribution is 2.16. The van der Waals surface area contributed by atoms with Gasteiger partial charge in [-0.15, -0.1) is 0 Å². The molecule has 1 rings (SSSR count). The molecule has 0 aliphatic carbocycles. The van der Waals surface area contributed by atoms with Gasteiger partial charge in [-0.3, -0.25) is 20.2 Å². The van der Waals surface area contributed by atoms with E-state index < -0.39 is 9.85 Å². The molecular weight excluding hydrogens is 220 g/mol. The smallest absolute Gasteiger partial charge is 0.269 e. The molecule has 0 radical (unpaired) electrons. The van der Waals surface area contributed by atoms with Crippen LogP contribution in [0.25, 0.3) is 0 Å². The first-order valence-corrected chi connectivity index (χ1v) is 4.13. The number of benzene rings is 1. The summed E-state index contributed by atoms with van der Waals surface area (Å²) in [5.41, 5.74) is -0.304. The molecule has 8 heteroatoms. The zero-order valence-corrected chi connectivity index (χ0v) is 8.15. The van der Waals surface area contributed by atoms with E-state index in [1.54, 1.807) is 0 Å². The Morgan fingerprint density at radius 3 is 1.25 bits per heavy atom. The van der Waals surface area contributed by atoms with Crippen molar-refractivity contribution < 1.29 is 20.1 Å². The molecular formula is C8H10N2O6. The molecule has 2 N–H and O–H groups in total. The van der Waals surface area contributed by atoms with E-state index in [4.69, 9.17) is 10.2 Å². The number of hydrogen-bond acceptors (Lipinski definition) is 6. The summed E-state index contributed by atoms with van der Waals surface area (Å²) in [5.74, 6) is 0. The fourth-order valence-corrected chi connectivity index (χ4v) is 0.696. The average molecular weight is 230 g/mol. The first kappa shape index (κ1) is 13.9. The van der Waals surface area contributed by atoms with Crippen molar-refractivity contribution in [2.45, 2.75) is 0 Å². The summed E-state index contributed by atoms with van der Waals surface area (Å²) in [6.07, 6.45) is 0. The maximum atomic E-state index is 10.1. The molecule has 0 saturated carbocycles. The Bertz CT molecular complexity index is 315. The van der Waals surface area contributed by atoms with Crippen molar-refractivity contribution in [3.63, 3.8) is 0 Å². The summed E-state index contributed by atoms with van der Waals surface area (Å²) in [6.45, 7) is -0.250. The molecule has 1 aromatic carbocycles. The molecule has 0 heterocycles. The first-order valence-electron chi connectivity index (χ1n) is 4.13. The van der Waals surface area contributed by atoms with Crippen LogP contribution in [0, 0.1) is 20.2 Å². The van der Waals surface area contributed by atoms with Gasteiger partial charge in [0.2, 0.25) is 0 Å². The van der Waals surface area contributed by atoms with Crippen LogP contribution >= 0.6 is 0 Å². The number of nitrogens with zero attached hydrogens (tertiary/aromatic N) is 2. The monoisotopic (exact) mass is 230 g/mol. The lowest BCUT2D eigenvalue weighted by Gasteiger charge is -1.90. The third kappa shape index (κ3) is 4.98. The SMILES string of the molecule is O=[N+]([O-])c1ccc([N+](=O)[O-])cc1.OCCO. The van der Waals surface area contributed by atoms with Crippen molar-refractivity contribution in [1.29, 1.82) is 0 Å². The topological polar surface area (TPSA) is 127 Å². The predicted octanol–water partition coefficient (Wildman–Crippen LogP) is 0.474. The van der Waals surface area contributed by atoms with E-state index in [2.05, 4.69) is 0 Å². The number of aliphatic hydroxyl groups is 2. The van der Waals surface area contributed by atoms with E-state index in [-0.39, 0.29) is 24.6 Å². The molecule has 88 valence electrons. The van der Waals surface area contributed by atoms with Crippen LogP contribution in [0.5, 0.6) is 0 Å². The summed E-state index contributed by atoms with van der Waals surface area (Å²) in [5, 5.41) is 35.5. The van der Waals surface area contributed by atoms with Gasteiger partial charge in [0.1, 0.15) is 0 Å². The minimum atomic E-state index is -0.607. The van der Waals surface area contributed by atoms with Crippen LogP contribution in [-0.2, 0) is 0 Å². The quantitative estimate of drug-likeness (QED) is 0.574. The number of aliphatic hydroxyl groups excluding tert-OH is 2. The van der Waals surface area contributed by atoms with Crippen LogP contribution in [0.4, 0.5) is 11.4 Å². The van der Waals surface area contributed by atoms with Crippen molar-refractivity contribution >= 4 is 11.4 Å². The Hall–Kier alpha value is -2.06. The molecule has 0 amide bonds. The lowest BCUT2D eigenvalue weighted by atomic mass is 10.3. The fourth-order valence-electron chi connectivity index (χ4n) is 0.696.